The molecule has 0 heterocycles. The van der Waals surface area contributed by atoms with Crippen LogP contribution in [0.15, 0.2) is 0 Å². The number of carbonyl (C=O) groups is 4. The SMILES string of the molecule is NCC(=O)OC(CC(=O)O)(CC(=O)O)C(=O)O.[Cu]. The van der Waals surface area contributed by atoms with Crippen molar-refractivity contribution in [3.8, 4) is 0 Å². The molecule has 107 valence electrons. The van der Waals surface area contributed by atoms with Gasteiger partial charge in [-0.2, -0.15) is 0 Å². The fraction of sp³-hybridized carbons (Fsp3) is 0.500. The smallest absolute Gasteiger partial charge is 0.349 e. The van der Waals surface area contributed by atoms with Crippen molar-refractivity contribution in [3.05, 3.63) is 0 Å². The zero-order chi connectivity index (χ0) is 13.6. The zero-order valence-electron chi connectivity index (χ0n) is 8.88. The summed E-state index contributed by atoms with van der Waals surface area (Å²) < 4.78 is 4.35. The van der Waals surface area contributed by atoms with Crippen LogP contribution in [0.25, 0.3) is 0 Å². The van der Waals surface area contributed by atoms with E-state index >= 15 is 0 Å². The van der Waals surface area contributed by atoms with E-state index in [1.165, 1.54) is 0 Å². The molecule has 0 fully saturated rings. The summed E-state index contributed by atoms with van der Waals surface area (Å²) in [6.07, 6.45) is -2.33. The second-order valence-electron chi connectivity index (χ2n) is 3.12. The van der Waals surface area contributed by atoms with Gasteiger partial charge in [0.1, 0.15) is 0 Å². The van der Waals surface area contributed by atoms with E-state index in [9.17, 15) is 19.2 Å². The second kappa shape index (κ2) is 7.64. The molecule has 10 heteroatoms. The third-order valence-corrected chi connectivity index (χ3v) is 1.74. The Hall–Kier alpha value is -1.64. The summed E-state index contributed by atoms with van der Waals surface area (Å²) in [4.78, 5) is 42.8. The molecule has 0 aromatic rings. The number of carboxylic acid groups (broad SMARTS) is 3. The van der Waals surface area contributed by atoms with Crippen LogP contribution in [0.5, 0.6) is 0 Å². The average molecular weight is 313 g/mol. The molecule has 0 aromatic heterocycles. The van der Waals surface area contributed by atoms with Crippen LogP contribution in [-0.4, -0.2) is 51.3 Å². The van der Waals surface area contributed by atoms with E-state index < -0.39 is 48.9 Å². The third kappa shape index (κ3) is 5.62. The molecule has 0 unspecified atom stereocenters. The van der Waals surface area contributed by atoms with Crippen molar-refractivity contribution in [3.63, 3.8) is 0 Å². The van der Waals surface area contributed by atoms with Crippen LogP contribution in [0.4, 0.5) is 0 Å². The predicted molar refractivity (Wildman–Crippen MR) is 50.0 cm³/mol. The Morgan fingerprint density at radius 1 is 1.00 bits per heavy atom. The maximum Gasteiger partial charge on any atom is 0.349 e. The van der Waals surface area contributed by atoms with Gasteiger partial charge >= 0.3 is 23.9 Å². The number of esters is 1. The van der Waals surface area contributed by atoms with E-state index in [0.717, 1.165) is 0 Å². The number of nitrogens with two attached hydrogens (primary N) is 1. The first-order chi connectivity index (χ1) is 7.73. The predicted octanol–water partition coefficient (Wildman–Crippen LogP) is -1.74. The van der Waals surface area contributed by atoms with Gasteiger partial charge in [0.2, 0.25) is 5.60 Å². The molecular weight excluding hydrogens is 302 g/mol. The summed E-state index contributed by atoms with van der Waals surface area (Å²) >= 11 is 0. The summed E-state index contributed by atoms with van der Waals surface area (Å²) in [7, 11) is 0. The number of ether oxygens (including phenoxy) is 1. The number of carboxylic acids is 3. The van der Waals surface area contributed by atoms with E-state index in [1.807, 2.05) is 0 Å². The Bertz CT molecular complexity index is 339. The van der Waals surface area contributed by atoms with Crippen molar-refractivity contribution in [2.75, 3.05) is 6.54 Å². The largest absolute Gasteiger partial charge is 0.481 e. The Morgan fingerprint density at radius 3 is 1.61 bits per heavy atom. The summed E-state index contributed by atoms with van der Waals surface area (Å²) in [5.74, 6) is -6.28. The van der Waals surface area contributed by atoms with E-state index in [-0.39, 0.29) is 17.1 Å². The van der Waals surface area contributed by atoms with Gasteiger partial charge in [-0.1, -0.05) is 0 Å². The van der Waals surface area contributed by atoms with Gasteiger partial charge in [0, 0.05) is 17.1 Å². The monoisotopic (exact) mass is 312 g/mol. The maximum absolute atomic E-state index is 10.9. The van der Waals surface area contributed by atoms with Crippen LogP contribution in [0.3, 0.4) is 0 Å². The summed E-state index contributed by atoms with van der Waals surface area (Å²) in [5.41, 5.74) is 2.23. The molecule has 5 N–H and O–H groups in total. The van der Waals surface area contributed by atoms with Crippen molar-refractivity contribution in [2.45, 2.75) is 18.4 Å². The Kier molecular flexibility index (Phi) is 7.94. The van der Waals surface area contributed by atoms with E-state index in [2.05, 4.69) is 4.74 Å². The molecule has 0 aliphatic rings. The van der Waals surface area contributed by atoms with Gasteiger partial charge in [0.05, 0.1) is 19.4 Å². The minimum Gasteiger partial charge on any atom is -0.481 e. The maximum atomic E-state index is 10.9. The first-order valence-corrected chi connectivity index (χ1v) is 4.32. The van der Waals surface area contributed by atoms with Gasteiger partial charge in [-0.25, -0.2) is 4.79 Å². The normalized spacial score (nSPS) is 10.1. The molecule has 0 atom stereocenters. The van der Waals surface area contributed by atoms with Crippen LogP contribution < -0.4 is 5.73 Å². The number of aliphatic carboxylic acids is 3. The zero-order valence-corrected chi connectivity index (χ0v) is 9.82. The van der Waals surface area contributed by atoms with Crippen molar-refractivity contribution in [1.82, 2.24) is 0 Å². The Morgan fingerprint density at radius 2 is 1.39 bits per heavy atom. The van der Waals surface area contributed by atoms with Crippen LogP contribution in [-0.2, 0) is 41.0 Å². The Labute approximate surface area is 111 Å². The molecule has 0 saturated heterocycles. The fourth-order valence-electron chi connectivity index (χ4n) is 1.08. The molecule has 9 nitrogen and oxygen atoms in total. The minimum absolute atomic E-state index is 0. The fourth-order valence-corrected chi connectivity index (χ4v) is 1.08. The van der Waals surface area contributed by atoms with Crippen molar-refractivity contribution < 1.29 is 56.3 Å². The van der Waals surface area contributed by atoms with Crippen molar-refractivity contribution in [1.29, 1.82) is 0 Å². The molecule has 0 aromatic carbocycles. The molecule has 0 saturated carbocycles. The van der Waals surface area contributed by atoms with E-state index in [1.54, 1.807) is 0 Å². The number of hydrogen-bond donors (Lipinski definition) is 4. The van der Waals surface area contributed by atoms with E-state index in [0.29, 0.717) is 0 Å². The van der Waals surface area contributed by atoms with Crippen LogP contribution in [0.2, 0.25) is 0 Å². The van der Waals surface area contributed by atoms with Crippen molar-refractivity contribution in [2.24, 2.45) is 5.73 Å². The quantitative estimate of drug-likeness (QED) is 0.315. The molecule has 0 aliphatic carbocycles. The summed E-state index contributed by atoms with van der Waals surface area (Å²) in [6.45, 7) is -0.686. The summed E-state index contributed by atoms with van der Waals surface area (Å²) in [5, 5.41) is 25.9. The Balaban J connectivity index is 0. The van der Waals surface area contributed by atoms with Crippen LogP contribution >= 0.6 is 0 Å². The minimum atomic E-state index is -2.64. The second-order valence-corrected chi connectivity index (χ2v) is 3.12. The molecule has 18 heavy (non-hydrogen) atoms. The van der Waals surface area contributed by atoms with Crippen LogP contribution in [0.1, 0.15) is 12.8 Å². The van der Waals surface area contributed by atoms with Crippen LogP contribution in [0, 0.1) is 0 Å². The molecule has 0 aliphatic heterocycles. The molecular formula is C8H11CuNO8. The van der Waals surface area contributed by atoms with Gasteiger partial charge in [-0.05, 0) is 0 Å². The van der Waals surface area contributed by atoms with Gasteiger partial charge in [0.25, 0.3) is 0 Å². The standard InChI is InChI=1S/C8H11NO8.Cu/c9-3-6(14)17-8(7(15)16,1-4(10)11)2-5(12)13;/h1-3,9H2,(H,10,11)(H,12,13)(H,15,16);. The van der Waals surface area contributed by atoms with Gasteiger partial charge in [-0.15, -0.1) is 0 Å². The first kappa shape index (κ1) is 18.7. The summed E-state index contributed by atoms with van der Waals surface area (Å²) in [6, 6.07) is 0. The van der Waals surface area contributed by atoms with E-state index in [4.69, 9.17) is 21.1 Å². The average Bonchev–Trinajstić information content (AvgIpc) is 2.14. The number of carbonyl (C=O) groups excluding carboxylic acids is 1. The van der Waals surface area contributed by atoms with Gasteiger partial charge < -0.3 is 25.8 Å². The van der Waals surface area contributed by atoms with Gasteiger partial charge in [0.15, 0.2) is 0 Å². The molecule has 0 amide bonds. The number of hydrogen-bond acceptors (Lipinski definition) is 6. The molecule has 1 radical (unpaired) electrons. The molecule has 0 spiro atoms. The third-order valence-electron chi connectivity index (χ3n) is 1.74. The molecule has 0 bridgehead atoms. The first-order valence-electron chi connectivity index (χ1n) is 4.32. The van der Waals surface area contributed by atoms with Crippen molar-refractivity contribution >= 4 is 23.9 Å². The number of rotatable bonds is 7. The van der Waals surface area contributed by atoms with Gasteiger partial charge in [-0.3, -0.25) is 14.4 Å². The topological polar surface area (TPSA) is 164 Å². The molecule has 0 rings (SSSR count).